The van der Waals surface area contributed by atoms with E-state index in [1.54, 1.807) is 44.2 Å². The van der Waals surface area contributed by atoms with Crippen LogP contribution in [0.5, 0.6) is 5.75 Å². The van der Waals surface area contributed by atoms with Gasteiger partial charge in [0.15, 0.2) is 6.04 Å². The first-order valence-corrected chi connectivity index (χ1v) is 34.5. The normalized spacial score (nSPS) is 13.9. The number of hydrogen-bond acceptors (Lipinski definition) is 18. The number of aliphatic carboxylic acids is 2. The lowest BCUT2D eigenvalue weighted by atomic mass is 10.0. The van der Waals surface area contributed by atoms with Crippen molar-refractivity contribution in [2.75, 3.05) is 20.1 Å². The number of carbonyl (C=O) groups excluding carboxylic acids is 15. The molecule has 0 bridgehead atoms. The number of phenols is 1. The van der Waals surface area contributed by atoms with E-state index in [0.29, 0.717) is 43.4 Å². The Kier molecular flexibility index (Phi) is 36.4. The Morgan fingerprint density at radius 3 is 1.53 bits per heavy atom. The van der Waals surface area contributed by atoms with Gasteiger partial charge in [-0.2, -0.15) is 0 Å². The zero-order valence-electron chi connectivity index (χ0n) is 59.2. The molecule has 0 saturated heterocycles. The molecule has 566 valence electrons. The highest BCUT2D eigenvalue weighted by Crippen LogP contribution is 2.19. The summed E-state index contributed by atoms with van der Waals surface area (Å²) in [5, 5.41) is 65.5. The van der Waals surface area contributed by atoms with Crippen LogP contribution in [-0.4, -0.2) is 174 Å². The van der Waals surface area contributed by atoms with E-state index in [0.717, 1.165) is 23.3 Å². The molecule has 0 spiro atoms. The van der Waals surface area contributed by atoms with E-state index in [1.807, 2.05) is 49.4 Å². The van der Waals surface area contributed by atoms with Crippen molar-refractivity contribution in [3.63, 3.8) is 0 Å². The number of nitrogens with one attached hydrogen (secondary N) is 12. The second-order valence-electron chi connectivity index (χ2n) is 25.6. The molecule has 0 aliphatic rings. The van der Waals surface area contributed by atoms with Crippen LogP contribution in [0.25, 0.3) is 10.8 Å². The fourth-order valence-corrected chi connectivity index (χ4v) is 10.8. The van der Waals surface area contributed by atoms with Gasteiger partial charge >= 0.3 is 0 Å². The van der Waals surface area contributed by atoms with Crippen molar-refractivity contribution in [3.05, 3.63) is 114 Å². The van der Waals surface area contributed by atoms with Crippen molar-refractivity contribution in [1.82, 2.24) is 63.8 Å². The average Bonchev–Trinajstić information content (AvgIpc) is 0.831. The maximum Gasteiger partial charge on any atom is 0.278 e. The van der Waals surface area contributed by atoms with Crippen molar-refractivity contribution in [2.45, 2.75) is 191 Å². The first-order valence-electron chi connectivity index (χ1n) is 34.5. The van der Waals surface area contributed by atoms with Gasteiger partial charge in [-0.1, -0.05) is 119 Å². The Morgan fingerprint density at radius 2 is 0.971 bits per heavy atom. The van der Waals surface area contributed by atoms with Crippen molar-refractivity contribution in [1.29, 1.82) is 0 Å². The van der Waals surface area contributed by atoms with Crippen molar-refractivity contribution < 1.29 is 98.7 Å². The summed E-state index contributed by atoms with van der Waals surface area (Å²) in [6.07, 6.45) is -3.13. The molecule has 10 atom stereocenters. The van der Waals surface area contributed by atoms with Gasteiger partial charge in [0.05, 0.1) is 37.8 Å². The number of likely N-dealkylation sites (N-methyl/N-ethyl adjacent to an activating group) is 1. The number of rotatable bonds is 46. The molecule has 0 radical (unpaired) electrons. The summed E-state index contributed by atoms with van der Waals surface area (Å²) in [5.74, 6) is -15.9. The van der Waals surface area contributed by atoms with Gasteiger partial charge in [-0.15, -0.1) is 0 Å². The molecule has 0 aromatic heterocycles. The smallest absolute Gasteiger partial charge is 0.278 e. The average molecular weight is 1450 g/mol. The minimum Gasteiger partial charge on any atom is -0.550 e. The summed E-state index contributed by atoms with van der Waals surface area (Å²) in [6.45, 7) is 7.15. The molecule has 0 aliphatic heterocycles. The van der Waals surface area contributed by atoms with Gasteiger partial charge in [-0.25, -0.2) is 0 Å². The fraction of sp³-hybridized carbons (Fsp3) is 0.479. The third kappa shape index (κ3) is 30.6. The van der Waals surface area contributed by atoms with E-state index in [-0.39, 0.29) is 50.4 Å². The Hall–Kier alpha value is -11.1. The number of carboxylic acids is 2. The molecule has 0 heterocycles. The van der Waals surface area contributed by atoms with E-state index in [1.165, 1.54) is 31.3 Å². The zero-order valence-corrected chi connectivity index (χ0v) is 59.2. The Bertz CT molecular complexity index is 3610. The largest absolute Gasteiger partial charge is 0.550 e. The van der Waals surface area contributed by atoms with Gasteiger partial charge in [0.25, 0.3) is 5.91 Å². The van der Waals surface area contributed by atoms with E-state index in [4.69, 9.17) is 5.73 Å². The lowest BCUT2D eigenvalue weighted by Gasteiger charge is -2.27. The predicted octanol–water partition coefficient (Wildman–Crippen LogP) is -5.52. The fourth-order valence-electron chi connectivity index (χ4n) is 10.8. The summed E-state index contributed by atoms with van der Waals surface area (Å²) < 4.78 is 0. The van der Waals surface area contributed by atoms with E-state index in [2.05, 4.69) is 75.3 Å². The summed E-state index contributed by atoms with van der Waals surface area (Å²) in [7, 11) is 1.17. The van der Waals surface area contributed by atoms with Crippen molar-refractivity contribution >= 4 is 99.5 Å². The number of phenolic OH excluding ortho intramolecular Hbond substituents is 1. The molecular formula is C71H99N15O18. The van der Waals surface area contributed by atoms with Crippen LogP contribution < -0.4 is 91.2 Å². The van der Waals surface area contributed by atoms with E-state index in [9.17, 15) is 87.2 Å². The minimum atomic E-state index is -1.76. The molecule has 104 heavy (non-hydrogen) atoms. The Morgan fingerprint density at radius 1 is 0.481 bits per heavy atom. The minimum absolute atomic E-state index is 0.0111. The predicted molar refractivity (Wildman–Crippen MR) is 372 cm³/mol. The molecule has 4 aromatic rings. The molecule has 0 saturated carbocycles. The summed E-state index contributed by atoms with van der Waals surface area (Å²) in [4.78, 5) is 203. The monoisotopic (exact) mass is 1450 g/mol. The first-order chi connectivity index (χ1) is 49.4. The summed E-state index contributed by atoms with van der Waals surface area (Å²) in [6, 6.07) is 11.5. The highest BCUT2D eigenvalue weighted by Gasteiger charge is 2.36. The van der Waals surface area contributed by atoms with Gasteiger partial charge in [0, 0.05) is 45.4 Å². The molecule has 4 rings (SSSR count). The highest BCUT2D eigenvalue weighted by atomic mass is 16.4. The van der Waals surface area contributed by atoms with Crippen LogP contribution in [-0.2, 0) is 91.3 Å². The van der Waals surface area contributed by atoms with Crippen molar-refractivity contribution in [3.8, 4) is 5.75 Å². The topological polar surface area (TPSA) is 548 Å². The third-order valence-corrected chi connectivity index (χ3v) is 16.5. The molecule has 13 amide bonds. The van der Waals surface area contributed by atoms with Crippen LogP contribution in [0.15, 0.2) is 97.1 Å². The molecule has 21 N–H and O–H groups in total. The van der Waals surface area contributed by atoms with Crippen LogP contribution in [0.1, 0.15) is 128 Å². The third-order valence-electron chi connectivity index (χ3n) is 16.5. The van der Waals surface area contributed by atoms with Crippen LogP contribution >= 0.6 is 0 Å². The summed E-state index contributed by atoms with van der Waals surface area (Å²) >= 11 is 0. The van der Waals surface area contributed by atoms with Gasteiger partial charge in [0.1, 0.15) is 54.1 Å². The van der Waals surface area contributed by atoms with Crippen LogP contribution in [0.3, 0.4) is 0 Å². The number of unbranched alkanes of at least 4 members (excludes halogenated alkanes) is 2. The number of hydrogen-bond donors (Lipinski definition) is 16. The van der Waals surface area contributed by atoms with Gasteiger partial charge < -0.3 is 106 Å². The summed E-state index contributed by atoms with van der Waals surface area (Å²) in [5.41, 5.74) is 14.8. The Labute approximate surface area is 602 Å². The van der Waals surface area contributed by atoms with Crippen molar-refractivity contribution in [2.24, 2.45) is 11.7 Å². The number of nitrogens with two attached hydrogens (primary N) is 1. The number of carbonyl (C=O) groups is 15. The molecule has 0 fully saturated rings. The van der Waals surface area contributed by atoms with Crippen LogP contribution in [0.4, 0.5) is 0 Å². The number of carboxylic acid groups (broad SMARTS) is 2. The molecule has 4 aromatic carbocycles. The maximum atomic E-state index is 14.6. The molecule has 0 aliphatic carbocycles. The van der Waals surface area contributed by atoms with E-state index >= 15 is 0 Å². The second-order valence-corrected chi connectivity index (χ2v) is 25.6. The number of primary amides is 1. The number of fused-ring (bicyclic) bond motifs is 1. The number of quaternary nitrogens is 2. The van der Waals surface area contributed by atoms with Crippen LogP contribution in [0.2, 0.25) is 0 Å². The Balaban J connectivity index is 1.53. The van der Waals surface area contributed by atoms with Gasteiger partial charge in [0.2, 0.25) is 70.9 Å². The standard InChI is InChI=1S/C71H99N15O18/c1-6-7-22-49(79-58(89)36-48(73)63(95)77-39-45-20-15-19-44-18-11-12-21-47(44)45)67(99)82-51(28-30-61(92)93)66(98)78-41(4)62(94)84-54(64(96)75-5)37-59(90)81-53(35-43-23-25-46(87)26-24-43)69(101)83-50(27-29-57(74)88)68(100)85-55(65(97)76-32-14-13-31-72)38-60(91)80-52(34-42-16-9-8-10-17-42)70(102)86-56(71(103)104)33-40(2)3/h8-12,15-21,23-26,40-41,48-56,87H,6-7,13-14,22,27-39,72-73H2,1-5H3,(H2,74,88)(H,75,96)(H,76,97)(H,77,95)(H,78,98)(H,79,89)(H,80,91)(H,81,90)(H,82,99)(H,83,101)(H,84,94)(H,85,100)(H,86,102)(H,92,93)(H,103,104)/t41-,48-,49-,50-,51-,52-,53-,54-,55-,56-/m0/s1. The van der Waals surface area contributed by atoms with Gasteiger partial charge in [-0.05, 0) is 97.4 Å². The molecular weight excluding hydrogens is 1350 g/mol. The van der Waals surface area contributed by atoms with E-state index < -0.39 is 194 Å². The van der Waals surface area contributed by atoms with Gasteiger partial charge in [-0.3, -0.25) is 62.3 Å². The highest BCUT2D eigenvalue weighted by molar-refractivity contribution is 6.00. The van der Waals surface area contributed by atoms with Crippen LogP contribution in [0, 0.1) is 5.92 Å². The zero-order chi connectivity index (χ0) is 77.0. The SMILES string of the molecule is CCCC[C@H](NC(=O)C[C@H]([NH3+])C(=O)NCc1cccc2ccccc12)C(=O)N[C@@H](CCC(=O)[O-])C(=O)N[C@@H](C)C(=O)N[C@@H](CC(=O)N[C@@H](Cc1ccc(O)cc1)C(=O)N[C@@H](CCC(N)=O)C(=O)N[C@@H](CC(=O)N[C@@H](Cc1ccccc1)C(=O)N[C@@H](CC(C)C)C(=O)[O-])C(=O)NCCCC[NH3+])C(=O)NC. The number of amides is 13. The lowest BCUT2D eigenvalue weighted by molar-refractivity contribution is -0.402. The maximum absolute atomic E-state index is 14.6. The quantitative estimate of drug-likeness (QED) is 0.0184. The lowest BCUT2D eigenvalue weighted by Crippen LogP contribution is -2.68. The molecule has 33 nitrogen and oxygen atoms in total. The second kappa shape index (κ2) is 44.3. The molecule has 33 heteroatoms. The number of aromatic hydroxyl groups is 1. The molecule has 0 unspecified atom stereocenters. The first kappa shape index (κ1) is 85.3. The number of benzene rings is 4.